The maximum absolute atomic E-state index is 13.6. The summed E-state index contributed by atoms with van der Waals surface area (Å²) in [6.07, 6.45) is 8.14. The summed E-state index contributed by atoms with van der Waals surface area (Å²) < 4.78 is 140. The lowest BCUT2D eigenvalue weighted by Gasteiger charge is -2.43. The molecule has 2 saturated heterocycles. The largest absolute Gasteiger partial charge is 0.471 e. The van der Waals surface area contributed by atoms with Gasteiger partial charge in [0.25, 0.3) is 0 Å². The number of esters is 5. The fraction of sp³-hybridized carbons (Fsp3) is 0.793. The van der Waals surface area contributed by atoms with Crippen LogP contribution in [-0.4, -0.2) is 145 Å². The number of ether oxygens (including phenoxy) is 10. The third-order valence-corrected chi connectivity index (χ3v) is 14.6. The van der Waals surface area contributed by atoms with Crippen LogP contribution in [0.15, 0.2) is 0 Å². The van der Waals surface area contributed by atoms with Gasteiger partial charge in [0.1, 0.15) is 37.6 Å². The summed E-state index contributed by atoms with van der Waals surface area (Å²) in [7, 11) is -0.895. The number of halogens is 5. The molecule has 1 aromatic rings. The molecular formula is C58H98F5N2O20P. The van der Waals surface area contributed by atoms with Crippen molar-refractivity contribution in [2.45, 2.75) is 209 Å². The Morgan fingerprint density at radius 2 is 0.953 bits per heavy atom. The molecule has 1 aromatic carbocycles. The Balaban J connectivity index is 0.00000136. The molecule has 0 spiro atoms. The van der Waals surface area contributed by atoms with Crippen LogP contribution in [0.2, 0.25) is 0 Å². The Hall–Kier alpha value is -4.44. The van der Waals surface area contributed by atoms with Crippen LogP contribution in [0.5, 0.6) is 5.75 Å². The van der Waals surface area contributed by atoms with E-state index in [0.29, 0.717) is 32.4 Å². The fourth-order valence-electron chi connectivity index (χ4n) is 8.54. The summed E-state index contributed by atoms with van der Waals surface area (Å²) in [4.78, 5) is 78.0. The van der Waals surface area contributed by atoms with Gasteiger partial charge in [-0.05, 0) is 57.9 Å². The van der Waals surface area contributed by atoms with Crippen LogP contribution in [0.3, 0.4) is 0 Å². The standard InChI is InChI=1S/C25H45NO8.C24H29F5O8.C7H18NO4P.C2H6/c1-18-19(2)25(34-22(17-32-20(3)27)24(18)33-21(4)28)31-16-12-8-9-13-23(29)26-14-10-6-7-11-15-30-5;1-11-12(2)24(36-15(10-34-13(3)30)22(11)35-14(4)31)33-9-7-5-6-8-16(32)37-23-20(28)18(26)17(25)19(27)21(23)29;1-11-13(9,10)12-7-5-3-2-4-6-8;1-2/h18-19,22,24-25H,6-17H2,1-5H3,(H,26,29);11-12,15,22,24H,5-10H2,1-4H3;2-8H2,1H3,(H,9,10);1-2H3. The summed E-state index contributed by atoms with van der Waals surface area (Å²) in [6.45, 7) is 19.9. The maximum Gasteiger partial charge on any atom is 0.471 e. The second kappa shape index (κ2) is 46.6. The molecule has 86 heavy (non-hydrogen) atoms. The number of amides is 1. The minimum absolute atomic E-state index is 0.00166. The van der Waals surface area contributed by atoms with Gasteiger partial charge in [0, 0.05) is 105 Å². The molecule has 2 aliphatic rings. The van der Waals surface area contributed by atoms with Gasteiger partial charge < -0.3 is 63.3 Å². The monoisotopic (exact) mass is 1270 g/mol. The first-order valence-electron chi connectivity index (χ1n) is 29.6. The van der Waals surface area contributed by atoms with E-state index in [1.807, 2.05) is 41.5 Å². The van der Waals surface area contributed by atoms with Crippen molar-refractivity contribution in [3.05, 3.63) is 29.1 Å². The molecule has 4 N–H and O–H groups in total. The van der Waals surface area contributed by atoms with E-state index in [9.17, 15) is 55.3 Å². The number of benzene rings is 1. The number of unbranched alkanes of at least 4 members (excludes halogenated alkanes) is 10. The van der Waals surface area contributed by atoms with Crippen molar-refractivity contribution in [3.63, 3.8) is 0 Å². The van der Waals surface area contributed by atoms with Crippen molar-refractivity contribution in [3.8, 4) is 5.75 Å². The molecule has 11 atom stereocenters. The van der Waals surface area contributed by atoms with Crippen molar-refractivity contribution in [1.82, 2.24) is 5.32 Å². The zero-order valence-electron chi connectivity index (χ0n) is 52.4. The number of carbonyl (C=O) groups is 6. The van der Waals surface area contributed by atoms with Crippen molar-refractivity contribution in [2.24, 2.45) is 29.4 Å². The lowest BCUT2D eigenvalue weighted by atomic mass is 9.84. The minimum atomic E-state index is -3.75. The zero-order chi connectivity index (χ0) is 65.4. The highest BCUT2D eigenvalue weighted by molar-refractivity contribution is 7.47. The first-order chi connectivity index (χ1) is 40.7. The number of carbonyl (C=O) groups excluding carboxylic acids is 6. The Morgan fingerprint density at radius 3 is 1.38 bits per heavy atom. The predicted molar refractivity (Wildman–Crippen MR) is 304 cm³/mol. The van der Waals surface area contributed by atoms with E-state index in [1.165, 1.54) is 27.7 Å². The average Bonchev–Trinajstić information content (AvgIpc) is 2.50. The normalized spacial score (nSPS) is 22.2. The average molecular weight is 1270 g/mol. The van der Waals surface area contributed by atoms with Gasteiger partial charge in [0.05, 0.1) is 6.61 Å². The van der Waals surface area contributed by atoms with E-state index in [4.69, 9.17) is 53.3 Å². The molecule has 0 radical (unpaired) electrons. The Labute approximate surface area is 504 Å². The molecule has 0 aromatic heterocycles. The molecule has 0 saturated carbocycles. The Morgan fingerprint density at radius 1 is 0.547 bits per heavy atom. The number of nitrogens with one attached hydrogen (secondary N) is 1. The quantitative estimate of drug-likeness (QED) is 0.00823. The molecule has 0 aliphatic carbocycles. The van der Waals surface area contributed by atoms with Crippen molar-refractivity contribution >= 4 is 43.6 Å². The molecular weight excluding hydrogens is 1170 g/mol. The van der Waals surface area contributed by atoms with Crippen molar-refractivity contribution in [1.29, 1.82) is 0 Å². The molecule has 2 aliphatic heterocycles. The summed E-state index contributed by atoms with van der Waals surface area (Å²) in [5.74, 6) is -16.1. The molecule has 2 heterocycles. The number of hydrogen-bond acceptors (Lipinski definition) is 20. The maximum atomic E-state index is 13.6. The smallest absolute Gasteiger partial charge is 0.463 e. The first-order valence-corrected chi connectivity index (χ1v) is 31.1. The summed E-state index contributed by atoms with van der Waals surface area (Å²) in [5.41, 5.74) is 5.30. The van der Waals surface area contributed by atoms with Gasteiger partial charge in [-0.25, -0.2) is 17.7 Å². The second-order valence-electron chi connectivity index (χ2n) is 20.5. The number of rotatable bonds is 36. The third-order valence-electron chi connectivity index (χ3n) is 13.6. The van der Waals surface area contributed by atoms with Crippen LogP contribution < -0.4 is 15.8 Å². The van der Waals surface area contributed by atoms with E-state index in [1.54, 1.807) is 7.11 Å². The van der Waals surface area contributed by atoms with E-state index in [-0.39, 0.29) is 68.8 Å². The topological polar surface area (TPSA) is 289 Å². The molecule has 22 nitrogen and oxygen atoms in total. The predicted octanol–water partition coefficient (Wildman–Crippen LogP) is 10.0. The number of nitrogens with two attached hydrogens (primary N) is 1. The molecule has 11 unspecified atom stereocenters. The van der Waals surface area contributed by atoms with Gasteiger partial charge in [-0.3, -0.25) is 37.8 Å². The summed E-state index contributed by atoms with van der Waals surface area (Å²) in [6, 6.07) is 0. The van der Waals surface area contributed by atoms with Crippen LogP contribution in [0.1, 0.15) is 172 Å². The van der Waals surface area contributed by atoms with Gasteiger partial charge in [-0.1, -0.05) is 80.1 Å². The van der Waals surface area contributed by atoms with Crippen LogP contribution in [0.25, 0.3) is 0 Å². The van der Waals surface area contributed by atoms with Crippen LogP contribution in [0.4, 0.5) is 22.0 Å². The van der Waals surface area contributed by atoms with Crippen LogP contribution >= 0.6 is 7.82 Å². The summed E-state index contributed by atoms with van der Waals surface area (Å²) in [5, 5.41) is 2.98. The summed E-state index contributed by atoms with van der Waals surface area (Å²) >= 11 is 0. The molecule has 28 heteroatoms. The van der Waals surface area contributed by atoms with E-state index in [0.717, 1.165) is 90.9 Å². The highest BCUT2D eigenvalue weighted by Gasteiger charge is 2.46. The highest BCUT2D eigenvalue weighted by atomic mass is 31.2. The van der Waals surface area contributed by atoms with Crippen LogP contribution in [-0.2, 0) is 85.0 Å². The van der Waals surface area contributed by atoms with Crippen LogP contribution in [0, 0.1) is 52.8 Å². The van der Waals surface area contributed by atoms with Gasteiger partial charge in [0.15, 0.2) is 12.6 Å². The van der Waals surface area contributed by atoms with E-state index < -0.39 is 110 Å². The van der Waals surface area contributed by atoms with Crippen molar-refractivity contribution < 1.29 is 117 Å². The van der Waals surface area contributed by atoms with Gasteiger partial charge in [-0.2, -0.15) is 8.78 Å². The number of phosphoric acid groups is 1. The molecule has 3 rings (SSSR count). The number of phosphoric ester groups is 1. The molecule has 2 fully saturated rings. The number of hydrogen-bond donors (Lipinski definition) is 3. The zero-order valence-corrected chi connectivity index (χ0v) is 53.3. The Kier molecular flexibility index (Phi) is 44.2. The first kappa shape index (κ1) is 81.6. The van der Waals surface area contributed by atoms with E-state index >= 15 is 0 Å². The Bertz CT molecular complexity index is 2140. The van der Waals surface area contributed by atoms with Crippen molar-refractivity contribution in [2.75, 3.05) is 67.0 Å². The molecule has 0 bridgehead atoms. The van der Waals surface area contributed by atoms with Gasteiger partial charge >= 0.3 is 37.7 Å². The highest BCUT2D eigenvalue weighted by Crippen LogP contribution is 2.42. The lowest BCUT2D eigenvalue weighted by Crippen LogP contribution is -2.53. The third kappa shape index (κ3) is 33.8. The van der Waals surface area contributed by atoms with Gasteiger partial charge in [0.2, 0.25) is 40.7 Å². The second-order valence-corrected chi connectivity index (χ2v) is 22.0. The lowest BCUT2D eigenvalue weighted by molar-refractivity contribution is -0.273. The SMILES string of the molecule is CC.CC(=O)OCC1OC(OCCCCCC(=O)Oc2c(F)c(F)c(F)c(F)c2F)C(C)C(C)C1OC(C)=O.COCCCCCCNC(=O)CCCCCOC1OC(COC(C)=O)C(OC(C)=O)C(C)C1C.COP(=O)(O)OCCCCCCN. The molecule has 1 amide bonds. The molecule has 500 valence electrons. The minimum Gasteiger partial charge on any atom is -0.463 e. The fourth-order valence-corrected chi connectivity index (χ4v) is 9.01. The van der Waals surface area contributed by atoms with E-state index in [2.05, 4.69) is 19.1 Å². The van der Waals surface area contributed by atoms with Gasteiger partial charge in [-0.15, -0.1) is 0 Å². The number of methoxy groups -OCH3 is 1.